The lowest BCUT2D eigenvalue weighted by Gasteiger charge is -2.19. The van der Waals surface area contributed by atoms with Crippen LogP contribution in [0.4, 0.5) is 0 Å². The van der Waals surface area contributed by atoms with Crippen LogP contribution in [-0.4, -0.2) is 0 Å². The fourth-order valence-corrected chi connectivity index (χ4v) is 6.32. The average molecular weight is 717 g/mol. The van der Waals surface area contributed by atoms with Gasteiger partial charge >= 0.3 is 0 Å². The molecule has 0 fully saturated rings. The van der Waals surface area contributed by atoms with Crippen LogP contribution in [0.5, 0.6) is 23.0 Å². The lowest BCUT2D eigenvalue weighted by Crippen LogP contribution is -1.98. The van der Waals surface area contributed by atoms with Crippen molar-refractivity contribution in [1.29, 1.82) is 0 Å². The van der Waals surface area contributed by atoms with Gasteiger partial charge in [-0.1, -0.05) is 145 Å². The second-order valence-corrected chi connectivity index (χ2v) is 13.0. The molecule has 0 N–H and O–H groups in total. The van der Waals surface area contributed by atoms with E-state index >= 15 is 0 Å². The van der Waals surface area contributed by atoms with Gasteiger partial charge in [-0.2, -0.15) is 0 Å². The van der Waals surface area contributed by atoms with Gasteiger partial charge < -0.3 is 9.47 Å². The summed E-state index contributed by atoms with van der Waals surface area (Å²) in [4.78, 5) is 0. The Labute approximate surface area is 329 Å². The minimum atomic E-state index is 0.752. The van der Waals surface area contributed by atoms with Crippen LogP contribution < -0.4 is 9.47 Å². The first-order valence-corrected chi connectivity index (χ1v) is 18.5. The smallest absolute Gasteiger partial charge is 0.127 e. The highest BCUT2D eigenvalue weighted by atomic mass is 16.5. The lowest BCUT2D eigenvalue weighted by molar-refractivity contribution is 0.482. The van der Waals surface area contributed by atoms with Gasteiger partial charge in [-0.3, -0.25) is 0 Å². The number of ether oxygens (including phenoxy) is 2. The molecule has 0 aromatic heterocycles. The van der Waals surface area contributed by atoms with Crippen LogP contribution in [0, 0.1) is 23.7 Å². The molecule has 264 valence electrons. The molecule has 0 aliphatic carbocycles. The van der Waals surface area contributed by atoms with Crippen molar-refractivity contribution in [1.82, 2.24) is 0 Å². The molecule has 0 amide bonds. The zero-order chi connectivity index (χ0) is 37.8. The largest absolute Gasteiger partial charge is 0.457 e. The van der Waals surface area contributed by atoms with Crippen LogP contribution >= 0.6 is 0 Å². The van der Waals surface area contributed by atoms with Crippen LogP contribution in [0.3, 0.4) is 0 Å². The summed E-state index contributed by atoms with van der Waals surface area (Å²) in [5.74, 6) is 15.9. The Kier molecular flexibility index (Phi) is 10.9. The Bertz CT molecular complexity index is 2470. The molecule has 0 saturated heterocycles. The monoisotopic (exact) mass is 716 g/mol. The molecule has 0 bridgehead atoms. The van der Waals surface area contributed by atoms with Crippen molar-refractivity contribution in [2.75, 3.05) is 0 Å². The summed E-state index contributed by atoms with van der Waals surface area (Å²) in [6, 6.07) is 73.4. The summed E-state index contributed by atoms with van der Waals surface area (Å²) in [6.07, 6.45) is 0. The molecule has 2 nitrogen and oxygen atoms in total. The normalized spacial score (nSPS) is 10.9. The number of hydrogen-bond donors (Lipinski definition) is 0. The van der Waals surface area contributed by atoms with Crippen LogP contribution in [-0.2, 0) is 0 Å². The predicted molar refractivity (Wildman–Crippen MR) is 229 cm³/mol. The highest BCUT2D eigenvalue weighted by molar-refractivity contribution is 6.04. The summed E-state index contributed by atoms with van der Waals surface area (Å²) in [5.41, 5.74) is 10.4. The molecule has 8 aromatic rings. The van der Waals surface area contributed by atoms with Crippen LogP contribution in [0.1, 0.15) is 44.5 Å². The van der Waals surface area contributed by atoms with Gasteiger partial charge in [0.25, 0.3) is 0 Å². The third-order valence-corrected chi connectivity index (χ3v) is 9.09. The van der Waals surface area contributed by atoms with E-state index in [-0.39, 0.29) is 0 Å². The first-order chi connectivity index (χ1) is 27.7. The molecule has 0 aliphatic rings. The molecule has 0 heterocycles. The Balaban J connectivity index is 1.06. The highest BCUT2D eigenvalue weighted by Gasteiger charge is 2.17. The van der Waals surface area contributed by atoms with E-state index < -0.39 is 0 Å². The Morgan fingerprint density at radius 3 is 0.768 bits per heavy atom. The van der Waals surface area contributed by atoms with E-state index in [4.69, 9.17) is 9.47 Å². The van der Waals surface area contributed by atoms with Crippen molar-refractivity contribution in [2.45, 2.75) is 0 Å². The van der Waals surface area contributed by atoms with E-state index in [0.717, 1.165) is 78.7 Å². The lowest BCUT2D eigenvalue weighted by atomic mass is 9.86. The minimum Gasteiger partial charge on any atom is -0.457 e. The number of benzene rings is 8. The second kappa shape index (κ2) is 17.4. The summed E-state index contributed by atoms with van der Waals surface area (Å²) in [7, 11) is 0. The fraction of sp³-hybridized carbons (Fsp3) is 0. The molecule has 8 rings (SSSR count). The third-order valence-electron chi connectivity index (χ3n) is 9.09. The second-order valence-electron chi connectivity index (χ2n) is 13.0. The first-order valence-electron chi connectivity index (χ1n) is 18.5. The van der Waals surface area contributed by atoms with Gasteiger partial charge in [-0.25, -0.2) is 0 Å². The first kappa shape index (κ1) is 35.3. The van der Waals surface area contributed by atoms with Crippen LogP contribution in [0.25, 0.3) is 11.1 Å². The van der Waals surface area contributed by atoms with Gasteiger partial charge in [0.15, 0.2) is 0 Å². The molecule has 56 heavy (non-hydrogen) atoms. The van der Waals surface area contributed by atoms with Crippen molar-refractivity contribution in [3.05, 3.63) is 263 Å². The van der Waals surface area contributed by atoms with Crippen LogP contribution in [0.15, 0.2) is 218 Å². The van der Waals surface area contributed by atoms with E-state index in [1.165, 1.54) is 0 Å². The van der Waals surface area contributed by atoms with E-state index in [9.17, 15) is 0 Å². The Morgan fingerprint density at radius 1 is 0.232 bits per heavy atom. The molecule has 2 heteroatoms. The fourth-order valence-electron chi connectivity index (χ4n) is 6.32. The molecular weight excluding hydrogens is 681 g/mol. The van der Waals surface area contributed by atoms with E-state index in [1.807, 2.05) is 146 Å². The van der Waals surface area contributed by atoms with Gasteiger partial charge in [-0.15, -0.1) is 0 Å². The van der Waals surface area contributed by atoms with Crippen molar-refractivity contribution in [3.8, 4) is 46.7 Å². The van der Waals surface area contributed by atoms with E-state index in [0.29, 0.717) is 0 Å². The molecule has 8 aromatic carbocycles. The quantitative estimate of drug-likeness (QED) is 0.115. The molecule has 0 radical (unpaired) electrons. The maximum atomic E-state index is 6.28. The zero-order valence-electron chi connectivity index (χ0n) is 30.6. The Morgan fingerprint density at radius 2 is 0.464 bits per heavy atom. The molecule has 0 saturated carbocycles. The molecule has 0 spiro atoms. The van der Waals surface area contributed by atoms with Crippen LogP contribution in [0.2, 0.25) is 0 Å². The van der Waals surface area contributed by atoms with Gasteiger partial charge in [-0.05, 0) is 130 Å². The maximum absolute atomic E-state index is 6.28. The molecule has 0 atom stereocenters. The van der Waals surface area contributed by atoms with Crippen molar-refractivity contribution in [3.63, 3.8) is 0 Å². The summed E-state index contributed by atoms with van der Waals surface area (Å²) < 4.78 is 12.6. The van der Waals surface area contributed by atoms with Crippen molar-refractivity contribution in [2.24, 2.45) is 0 Å². The van der Waals surface area contributed by atoms with Gasteiger partial charge in [0.05, 0.1) is 0 Å². The third kappa shape index (κ3) is 9.05. The average Bonchev–Trinajstić information content (AvgIpc) is 3.27. The predicted octanol–water partition coefficient (Wildman–Crippen LogP) is 13.1. The standard InChI is InChI=1S/C54H36O2/c1-5-13-41(14-6-1)21-23-43-25-33-49(34-26-43)55-51-37-29-47(30-38-51)53(45-17-9-3-10-18-45)54(46-19-11-4-12-20-46)48-31-39-52(40-32-48)56-50-35-27-44(28-36-50)24-22-42-15-7-2-8-16-42/h1-20,25-40H/b54-53+. The maximum Gasteiger partial charge on any atom is 0.127 e. The SMILES string of the molecule is C(#Cc1ccc(Oc2ccc(/C(=C(\c3ccccc3)c3ccc(Oc4ccc(C#Cc5ccccc5)cc4)cc3)c3ccccc3)cc2)cc1)c1ccccc1. The van der Waals surface area contributed by atoms with Gasteiger partial charge in [0.2, 0.25) is 0 Å². The summed E-state index contributed by atoms with van der Waals surface area (Å²) in [5, 5.41) is 0. The molecule has 0 unspecified atom stereocenters. The summed E-state index contributed by atoms with van der Waals surface area (Å²) in [6.45, 7) is 0. The molecule has 0 aliphatic heterocycles. The molecular formula is C54H36O2. The van der Waals surface area contributed by atoms with Crippen molar-refractivity contribution < 1.29 is 9.47 Å². The van der Waals surface area contributed by atoms with Gasteiger partial charge in [0, 0.05) is 22.3 Å². The number of rotatable bonds is 8. The van der Waals surface area contributed by atoms with E-state index in [2.05, 4.69) is 96.5 Å². The summed E-state index contributed by atoms with van der Waals surface area (Å²) >= 11 is 0. The Hall–Kier alpha value is -7.78. The van der Waals surface area contributed by atoms with E-state index in [1.54, 1.807) is 0 Å². The minimum absolute atomic E-state index is 0.752. The van der Waals surface area contributed by atoms with Gasteiger partial charge in [0.1, 0.15) is 23.0 Å². The number of hydrogen-bond acceptors (Lipinski definition) is 2. The van der Waals surface area contributed by atoms with Crippen molar-refractivity contribution >= 4 is 11.1 Å². The topological polar surface area (TPSA) is 18.5 Å². The zero-order valence-corrected chi connectivity index (χ0v) is 30.6. The highest BCUT2D eigenvalue weighted by Crippen LogP contribution is 2.38.